The Labute approximate surface area is 127 Å². The molecule has 2 aromatic rings. The molecule has 0 radical (unpaired) electrons. The quantitative estimate of drug-likeness (QED) is 0.733. The lowest BCUT2D eigenvalue weighted by atomic mass is 10.3. The van der Waals surface area contributed by atoms with E-state index in [1.165, 1.54) is 18.3 Å². The molecule has 0 fully saturated rings. The highest BCUT2D eigenvalue weighted by Crippen LogP contribution is 2.20. The Morgan fingerprint density at radius 1 is 1.48 bits per heavy atom. The summed E-state index contributed by atoms with van der Waals surface area (Å²) in [5.41, 5.74) is -0.114. The van der Waals surface area contributed by atoms with Crippen LogP contribution in [0.25, 0.3) is 0 Å². The maximum Gasteiger partial charge on any atom is 0.356 e. The number of anilines is 1. The fourth-order valence-electron chi connectivity index (χ4n) is 1.40. The van der Waals surface area contributed by atoms with Crippen molar-refractivity contribution in [3.8, 4) is 0 Å². The number of benzene rings is 1. The Morgan fingerprint density at radius 3 is 2.86 bits per heavy atom. The number of thioether (sulfide) groups is 1. The highest BCUT2D eigenvalue weighted by molar-refractivity contribution is 7.99. The lowest BCUT2D eigenvalue weighted by Gasteiger charge is -2.05. The minimum Gasteiger partial charge on any atom is -0.476 e. The Kier molecular flexibility index (Phi) is 4.81. The predicted molar refractivity (Wildman–Crippen MR) is 76.3 cm³/mol. The van der Waals surface area contributed by atoms with Gasteiger partial charge in [0.2, 0.25) is 5.91 Å². The number of nitrogens with one attached hydrogen (secondary N) is 2. The van der Waals surface area contributed by atoms with Crippen molar-refractivity contribution in [2.24, 2.45) is 0 Å². The smallest absolute Gasteiger partial charge is 0.356 e. The molecule has 0 saturated carbocycles. The van der Waals surface area contributed by atoms with Crippen molar-refractivity contribution >= 4 is 40.9 Å². The third kappa shape index (κ3) is 4.20. The lowest BCUT2D eigenvalue weighted by molar-refractivity contribution is -0.113. The van der Waals surface area contributed by atoms with Crippen LogP contribution in [0.2, 0.25) is 5.02 Å². The first-order valence-electron chi connectivity index (χ1n) is 5.62. The van der Waals surface area contributed by atoms with Crippen LogP contribution < -0.4 is 5.32 Å². The molecule has 1 heterocycles. The van der Waals surface area contributed by atoms with Crippen molar-refractivity contribution in [3.63, 3.8) is 0 Å². The standard InChI is InChI=1S/C12H9ClFN3O3S/c13-6-1-2-8(7(14)3-6)16-10(18)5-21-12-15-4-9(17-12)11(19)20/h1-4H,5H2,(H,15,17)(H,16,18)(H,19,20). The SMILES string of the molecule is O=C(CSc1nc(C(=O)O)c[nH]1)Nc1ccc(Cl)cc1F. The summed E-state index contributed by atoms with van der Waals surface area (Å²) in [5, 5.41) is 11.6. The predicted octanol–water partition coefficient (Wildman–Crippen LogP) is 2.63. The van der Waals surface area contributed by atoms with Crippen molar-refractivity contribution in [1.82, 2.24) is 9.97 Å². The number of carbonyl (C=O) groups is 2. The lowest BCUT2D eigenvalue weighted by Crippen LogP contribution is -2.15. The molecule has 1 aromatic heterocycles. The van der Waals surface area contributed by atoms with Crippen molar-refractivity contribution < 1.29 is 19.1 Å². The molecule has 0 aliphatic heterocycles. The van der Waals surface area contributed by atoms with Gasteiger partial charge in [-0.2, -0.15) is 0 Å². The van der Waals surface area contributed by atoms with Gasteiger partial charge in [-0.25, -0.2) is 14.2 Å². The summed E-state index contributed by atoms with van der Waals surface area (Å²) >= 11 is 6.61. The van der Waals surface area contributed by atoms with Crippen LogP contribution in [0.3, 0.4) is 0 Å². The zero-order valence-corrected chi connectivity index (χ0v) is 12.0. The van der Waals surface area contributed by atoms with E-state index in [0.29, 0.717) is 5.16 Å². The molecule has 0 atom stereocenters. The summed E-state index contributed by atoms with van der Waals surface area (Å²) in [6, 6.07) is 3.91. The fourth-order valence-corrected chi connectivity index (χ4v) is 2.20. The second kappa shape index (κ2) is 6.59. The molecule has 0 aliphatic carbocycles. The van der Waals surface area contributed by atoms with Gasteiger partial charge in [0.05, 0.1) is 11.4 Å². The third-order valence-electron chi connectivity index (χ3n) is 2.32. The Hall–Kier alpha value is -2.06. The number of hydrogen-bond acceptors (Lipinski definition) is 4. The van der Waals surface area contributed by atoms with E-state index in [-0.39, 0.29) is 22.2 Å². The zero-order valence-electron chi connectivity index (χ0n) is 10.4. The molecule has 9 heteroatoms. The van der Waals surface area contributed by atoms with Crippen LogP contribution >= 0.6 is 23.4 Å². The molecule has 6 nitrogen and oxygen atoms in total. The molecule has 1 amide bonds. The van der Waals surface area contributed by atoms with Gasteiger partial charge in [0, 0.05) is 11.2 Å². The van der Waals surface area contributed by atoms with E-state index in [0.717, 1.165) is 17.8 Å². The minimum atomic E-state index is -1.16. The Morgan fingerprint density at radius 2 is 2.24 bits per heavy atom. The van der Waals surface area contributed by atoms with Crippen molar-refractivity contribution in [1.29, 1.82) is 0 Å². The van der Waals surface area contributed by atoms with Crippen LogP contribution in [0, 0.1) is 5.82 Å². The molecule has 0 saturated heterocycles. The first-order chi connectivity index (χ1) is 9.95. The van der Waals surface area contributed by atoms with Crippen molar-refractivity contribution in [2.75, 3.05) is 11.1 Å². The number of carboxylic acids is 1. The summed E-state index contributed by atoms with van der Waals surface area (Å²) in [7, 11) is 0. The Balaban J connectivity index is 1.91. The van der Waals surface area contributed by atoms with Gasteiger partial charge in [-0.1, -0.05) is 23.4 Å². The number of hydrogen-bond donors (Lipinski definition) is 3. The largest absolute Gasteiger partial charge is 0.476 e. The molecule has 3 N–H and O–H groups in total. The second-order valence-electron chi connectivity index (χ2n) is 3.86. The number of carboxylic acid groups (broad SMARTS) is 1. The first-order valence-corrected chi connectivity index (χ1v) is 6.98. The monoisotopic (exact) mass is 329 g/mol. The summed E-state index contributed by atoms with van der Waals surface area (Å²) in [5.74, 6) is -2.29. The van der Waals surface area contributed by atoms with Gasteiger partial charge in [0.1, 0.15) is 5.82 Å². The van der Waals surface area contributed by atoms with E-state index in [2.05, 4.69) is 15.3 Å². The number of imidazole rings is 1. The molecule has 2 rings (SSSR count). The summed E-state index contributed by atoms with van der Waals surface area (Å²) in [6.07, 6.45) is 1.22. The van der Waals surface area contributed by atoms with Gasteiger partial charge in [-0.05, 0) is 18.2 Å². The van der Waals surface area contributed by atoms with Crippen LogP contribution in [-0.2, 0) is 4.79 Å². The number of aromatic carboxylic acids is 1. The van der Waals surface area contributed by atoms with E-state index in [4.69, 9.17) is 16.7 Å². The van der Waals surface area contributed by atoms with E-state index in [1.54, 1.807) is 0 Å². The number of halogens is 2. The number of carbonyl (C=O) groups excluding carboxylic acids is 1. The summed E-state index contributed by atoms with van der Waals surface area (Å²) in [6.45, 7) is 0. The van der Waals surface area contributed by atoms with Gasteiger partial charge >= 0.3 is 5.97 Å². The maximum atomic E-state index is 13.5. The highest BCUT2D eigenvalue weighted by Gasteiger charge is 2.11. The third-order valence-corrected chi connectivity index (χ3v) is 3.44. The van der Waals surface area contributed by atoms with Gasteiger partial charge in [0.25, 0.3) is 0 Å². The van der Waals surface area contributed by atoms with Gasteiger partial charge < -0.3 is 15.4 Å². The molecule has 1 aromatic carbocycles. The number of nitrogens with zero attached hydrogens (tertiary/aromatic N) is 1. The molecular formula is C12H9ClFN3O3S. The van der Waals surface area contributed by atoms with Gasteiger partial charge in [0.15, 0.2) is 10.9 Å². The summed E-state index contributed by atoms with van der Waals surface area (Å²) in [4.78, 5) is 28.7. The highest BCUT2D eigenvalue weighted by atomic mass is 35.5. The van der Waals surface area contributed by atoms with E-state index in [9.17, 15) is 14.0 Å². The maximum absolute atomic E-state index is 13.5. The summed E-state index contributed by atoms with van der Waals surface area (Å²) < 4.78 is 13.5. The fraction of sp³-hybridized carbons (Fsp3) is 0.0833. The minimum absolute atomic E-state index is 0.0238. The van der Waals surface area contributed by atoms with Crippen LogP contribution in [-0.4, -0.2) is 32.7 Å². The van der Waals surface area contributed by atoms with E-state index < -0.39 is 17.7 Å². The second-order valence-corrected chi connectivity index (χ2v) is 5.26. The molecule has 0 aliphatic rings. The van der Waals surface area contributed by atoms with Crippen LogP contribution in [0.1, 0.15) is 10.5 Å². The van der Waals surface area contributed by atoms with Crippen LogP contribution in [0.5, 0.6) is 0 Å². The average molecular weight is 330 g/mol. The van der Waals surface area contributed by atoms with Crippen LogP contribution in [0.15, 0.2) is 29.6 Å². The van der Waals surface area contributed by atoms with Crippen LogP contribution in [0.4, 0.5) is 10.1 Å². The number of rotatable bonds is 5. The normalized spacial score (nSPS) is 10.4. The molecule has 0 bridgehead atoms. The number of aromatic amines is 1. The zero-order chi connectivity index (χ0) is 15.4. The molecule has 21 heavy (non-hydrogen) atoms. The number of aromatic nitrogens is 2. The first kappa shape index (κ1) is 15.3. The number of H-pyrrole nitrogens is 1. The van der Waals surface area contributed by atoms with E-state index in [1.807, 2.05) is 0 Å². The van der Waals surface area contributed by atoms with Crippen molar-refractivity contribution in [3.05, 3.63) is 40.9 Å². The number of amides is 1. The molecular weight excluding hydrogens is 321 g/mol. The molecule has 0 unspecified atom stereocenters. The molecule has 110 valence electrons. The molecule has 0 spiro atoms. The average Bonchev–Trinajstić information content (AvgIpc) is 2.89. The van der Waals surface area contributed by atoms with Gasteiger partial charge in [-0.3, -0.25) is 4.79 Å². The van der Waals surface area contributed by atoms with Crippen molar-refractivity contribution in [2.45, 2.75) is 5.16 Å². The van der Waals surface area contributed by atoms with Gasteiger partial charge in [-0.15, -0.1) is 0 Å². The Bertz CT molecular complexity index is 692. The van der Waals surface area contributed by atoms with E-state index >= 15 is 0 Å². The topological polar surface area (TPSA) is 95.1 Å².